The number of nitrogens with zero attached hydrogens (tertiary/aromatic N) is 5. The van der Waals surface area contributed by atoms with E-state index in [-0.39, 0.29) is 29.7 Å². The van der Waals surface area contributed by atoms with E-state index in [9.17, 15) is 13.2 Å². The summed E-state index contributed by atoms with van der Waals surface area (Å²) in [5, 5.41) is 3.76. The van der Waals surface area contributed by atoms with Crippen LogP contribution >= 0.6 is 0 Å². The van der Waals surface area contributed by atoms with Gasteiger partial charge in [0.05, 0.1) is 11.0 Å². The Morgan fingerprint density at radius 2 is 1.68 bits per heavy atom. The van der Waals surface area contributed by atoms with Gasteiger partial charge >= 0.3 is 0 Å². The Hall–Kier alpha value is -3.50. The van der Waals surface area contributed by atoms with Gasteiger partial charge in [-0.05, 0) is 51.1 Å². The van der Waals surface area contributed by atoms with Crippen molar-refractivity contribution in [1.29, 1.82) is 0 Å². The maximum atomic E-state index is 13.2. The SMILES string of the molecule is Cc1noc(C)c1S(=O)(=O)N1CCN(C(=O)c2ccc3c(c2)nc(C)n3-c2ccccc2)CC1. The molecule has 3 heterocycles. The minimum absolute atomic E-state index is 0.113. The van der Waals surface area contributed by atoms with Gasteiger partial charge < -0.3 is 9.42 Å². The standard InChI is InChI=1S/C24H25N5O4S/c1-16-23(17(2)33-26-16)34(31,32)28-13-11-27(12-14-28)24(30)19-9-10-22-21(15-19)25-18(3)29(22)20-7-5-4-6-8-20/h4-10,15H,11-14H2,1-3H3. The van der Waals surface area contributed by atoms with Crippen LogP contribution in [0.25, 0.3) is 16.7 Å². The van der Waals surface area contributed by atoms with E-state index in [0.717, 1.165) is 22.5 Å². The minimum Gasteiger partial charge on any atom is -0.360 e. The Labute approximate surface area is 197 Å². The number of imidazole rings is 1. The van der Waals surface area contributed by atoms with Gasteiger partial charge in [-0.3, -0.25) is 9.36 Å². The van der Waals surface area contributed by atoms with Crippen LogP contribution in [0.2, 0.25) is 0 Å². The normalized spacial score (nSPS) is 15.2. The molecule has 0 radical (unpaired) electrons. The van der Waals surface area contributed by atoms with Gasteiger partial charge in [0.25, 0.3) is 5.91 Å². The second kappa shape index (κ2) is 8.37. The number of aryl methyl sites for hydroxylation is 3. The van der Waals surface area contributed by atoms with Gasteiger partial charge in [-0.1, -0.05) is 23.4 Å². The van der Waals surface area contributed by atoms with E-state index in [2.05, 4.69) is 14.7 Å². The van der Waals surface area contributed by atoms with Crippen LogP contribution in [-0.4, -0.2) is 64.4 Å². The zero-order chi connectivity index (χ0) is 24.0. The van der Waals surface area contributed by atoms with E-state index in [1.54, 1.807) is 30.9 Å². The summed E-state index contributed by atoms with van der Waals surface area (Å²) < 4.78 is 34.6. The number of amides is 1. The number of sulfonamides is 1. The molecule has 0 bridgehead atoms. The molecule has 9 nitrogen and oxygen atoms in total. The van der Waals surface area contributed by atoms with Gasteiger partial charge in [0.1, 0.15) is 16.4 Å². The average Bonchev–Trinajstić information content (AvgIpc) is 3.36. The lowest BCUT2D eigenvalue weighted by Gasteiger charge is -2.34. The Bertz CT molecular complexity index is 1460. The lowest BCUT2D eigenvalue weighted by molar-refractivity contribution is 0.0698. The van der Waals surface area contributed by atoms with Crippen LogP contribution in [0.5, 0.6) is 0 Å². The number of carbonyl (C=O) groups is 1. The monoisotopic (exact) mass is 479 g/mol. The summed E-state index contributed by atoms with van der Waals surface area (Å²) in [6, 6.07) is 15.5. The smallest absolute Gasteiger partial charge is 0.254 e. The molecule has 0 unspecified atom stereocenters. The molecular weight excluding hydrogens is 454 g/mol. The molecule has 2 aromatic carbocycles. The molecule has 2 aromatic heterocycles. The third-order valence-corrected chi connectivity index (χ3v) is 8.32. The Morgan fingerprint density at radius 3 is 2.32 bits per heavy atom. The average molecular weight is 480 g/mol. The molecule has 0 atom stereocenters. The Kier molecular flexibility index (Phi) is 5.49. The number of piperazine rings is 1. The molecule has 10 heteroatoms. The number of benzene rings is 2. The first-order valence-corrected chi connectivity index (χ1v) is 12.5. The lowest BCUT2D eigenvalue weighted by Crippen LogP contribution is -2.50. The number of rotatable bonds is 4. The van der Waals surface area contributed by atoms with Gasteiger partial charge in [0, 0.05) is 37.4 Å². The van der Waals surface area contributed by atoms with Crippen molar-refractivity contribution in [2.45, 2.75) is 25.7 Å². The van der Waals surface area contributed by atoms with E-state index in [1.165, 1.54) is 4.31 Å². The maximum absolute atomic E-state index is 13.2. The highest BCUT2D eigenvalue weighted by Crippen LogP contribution is 2.26. The highest BCUT2D eigenvalue weighted by atomic mass is 32.2. The van der Waals surface area contributed by atoms with Crippen molar-refractivity contribution in [3.05, 3.63) is 71.4 Å². The second-order valence-corrected chi connectivity index (χ2v) is 10.3. The van der Waals surface area contributed by atoms with Gasteiger partial charge in [-0.25, -0.2) is 13.4 Å². The summed E-state index contributed by atoms with van der Waals surface area (Å²) in [5.41, 5.74) is 3.56. The van der Waals surface area contributed by atoms with Crippen molar-refractivity contribution in [3.8, 4) is 5.69 Å². The summed E-state index contributed by atoms with van der Waals surface area (Å²) >= 11 is 0. The predicted octanol–water partition coefficient (Wildman–Crippen LogP) is 3.09. The van der Waals surface area contributed by atoms with Crippen LogP contribution in [0.15, 0.2) is 57.9 Å². The molecule has 176 valence electrons. The molecule has 0 aliphatic carbocycles. The molecule has 1 aliphatic heterocycles. The summed E-state index contributed by atoms with van der Waals surface area (Å²) in [5.74, 6) is 0.974. The van der Waals surface area contributed by atoms with E-state index in [4.69, 9.17) is 4.52 Å². The van der Waals surface area contributed by atoms with Crippen LogP contribution in [-0.2, 0) is 10.0 Å². The van der Waals surface area contributed by atoms with Crippen LogP contribution < -0.4 is 0 Å². The van der Waals surface area contributed by atoms with E-state index < -0.39 is 10.0 Å². The van der Waals surface area contributed by atoms with Crippen LogP contribution in [0.1, 0.15) is 27.6 Å². The van der Waals surface area contributed by atoms with Gasteiger partial charge in [0.15, 0.2) is 5.76 Å². The first-order chi connectivity index (χ1) is 16.3. The van der Waals surface area contributed by atoms with Crippen molar-refractivity contribution in [1.82, 2.24) is 23.9 Å². The molecule has 1 aliphatic rings. The third kappa shape index (κ3) is 3.68. The van der Waals surface area contributed by atoms with Crippen LogP contribution in [0.4, 0.5) is 0 Å². The number of para-hydroxylation sites is 1. The largest absolute Gasteiger partial charge is 0.360 e. The van der Waals surface area contributed by atoms with Crippen molar-refractivity contribution >= 4 is 27.0 Å². The van der Waals surface area contributed by atoms with Crippen LogP contribution in [0, 0.1) is 20.8 Å². The summed E-state index contributed by atoms with van der Waals surface area (Å²) in [6.45, 7) is 6.16. The molecule has 4 aromatic rings. The molecule has 34 heavy (non-hydrogen) atoms. The zero-order valence-electron chi connectivity index (χ0n) is 19.2. The maximum Gasteiger partial charge on any atom is 0.254 e. The number of carbonyl (C=O) groups excluding carboxylic acids is 1. The van der Waals surface area contributed by atoms with Crippen LogP contribution in [0.3, 0.4) is 0 Å². The fourth-order valence-corrected chi connectivity index (χ4v) is 6.24. The fraction of sp³-hybridized carbons (Fsp3) is 0.292. The summed E-state index contributed by atoms with van der Waals surface area (Å²) in [4.78, 5) is 19.6. The summed E-state index contributed by atoms with van der Waals surface area (Å²) in [6.07, 6.45) is 0. The second-order valence-electron chi connectivity index (χ2n) is 8.38. The van der Waals surface area contributed by atoms with Crippen molar-refractivity contribution in [3.63, 3.8) is 0 Å². The molecule has 0 N–H and O–H groups in total. The zero-order valence-corrected chi connectivity index (χ0v) is 20.0. The van der Waals surface area contributed by atoms with E-state index >= 15 is 0 Å². The quantitative estimate of drug-likeness (QED) is 0.446. The number of aromatic nitrogens is 3. The predicted molar refractivity (Wildman–Crippen MR) is 126 cm³/mol. The van der Waals surface area contributed by atoms with Crippen molar-refractivity contribution in [2.24, 2.45) is 0 Å². The van der Waals surface area contributed by atoms with Crippen molar-refractivity contribution in [2.75, 3.05) is 26.2 Å². The minimum atomic E-state index is -3.72. The third-order valence-electron chi connectivity index (χ3n) is 6.18. The first kappa shape index (κ1) is 22.3. The van der Waals surface area contributed by atoms with Gasteiger partial charge in [-0.15, -0.1) is 0 Å². The highest BCUT2D eigenvalue weighted by Gasteiger charge is 2.34. The molecule has 0 saturated carbocycles. The Balaban J connectivity index is 1.34. The van der Waals surface area contributed by atoms with E-state index in [0.29, 0.717) is 24.3 Å². The highest BCUT2D eigenvalue weighted by molar-refractivity contribution is 7.89. The lowest BCUT2D eigenvalue weighted by atomic mass is 10.1. The summed E-state index contributed by atoms with van der Waals surface area (Å²) in [7, 11) is -3.72. The molecule has 1 saturated heterocycles. The molecule has 5 rings (SSSR count). The number of fused-ring (bicyclic) bond motifs is 1. The molecule has 1 fully saturated rings. The molecular formula is C24H25N5O4S. The van der Waals surface area contributed by atoms with Crippen molar-refractivity contribution < 1.29 is 17.7 Å². The first-order valence-electron chi connectivity index (χ1n) is 11.0. The van der Waals surface area contributed by atoms with Gasteiger partial charge in [0.2, 0.25) is 10.0 Å². The topological polar surface area (TPSA) is 102 Å². The molecule has 1 amide bonds. The Morgan fingerprint density at radius 1 is 0.971 bits per heavy atom. The fourth-order valence-electron chi connectivity index (χ4n) is 4.52. The molecule has 0 spiro atoms. The number of hydrogen-bond donors (Lipinski definition) is 0. The van der Waals surface area contributed by atoms with Gasteiger partial charge in [-0.2, -0.15) is 4.31 Å². The van der Waals surface area contributed by atoms with E-state index in [1.807, 2.05) is 43.3 Å². The number of hydrogen-bond acceptors (Lipinski definition) is 6.